The fraction of sp³-hybridized carbons (Fsp3) is 0.125. The molecule has 2 rings (SSSR count). The van der Waals surface area contributed by atoms with Gasteiger partial charge >= 0.3 is 0 Å². The minimum atomic E-state index is -4.19. The summed E-state index contributed by atoms with van der Waals surface area (Å²) in [4.78, 5) is -0.192. The molecule has 0 aromatic heterocycles. The van der Waals surface area contributed by atoms with Gasteiger partial charge < -0.3 is 4.74 Å². The van der Waals surface area contributed by atoms with Gasteiger partial charge in [-0.15, -0.1) is 0 Å². The van der Waals surface area contributed by atoms with Crippen molar-refractivity contribution in [1.82, 2.24) is 0 Å². The number of anilines is 1. The molecule has 0 unspecified atom stereocenters. The highest BCUT2D eigenvalue weighted by Crippen LogP contribution is 2.28. The summed E-state index contributed by atoms with van der Waals surface area (Å²) in [5, 5.41) is -0.196. The Morgan fingerprint density at radius 3 is 2.60 bits per heavy atom. The lowest BCUT2D eigenvalue weighted by molar-refractivity contribution is 0.272. The maximum atomic E-state index is 12.6. The third-order valence-corrected chi connectivity index (χ3v) is 5.68. The molecule has 134 valence electrons. The molecule has 1 aromatic rings. The van der Waals surface area contributed by atoms with Crippen molar-refractivity contribution in [2.75, 3.05) is 17.6 Å². The highest BCUT2D eigenvalue weighted by molar-refractivity contribution is 7.96. The zero-order valence-corrected chi connectivity index (χ0v) is 15.7. The monoisotopic (exact) mass is 401 g/mol. The van der Waals surface area contributed by atoms with Crippen LogP contribution in [0.15, 0.2) is 70.7 Å². The first kappa shape index (κ1) is 19.3. The summed E-state index contributed by atoms with van der Waals surface area (Å²) in [5.74, 6) is 0. The SMILES string of the molecule is C=C1C=C(S(=O)(=O)Nc2cc(Cl)ccc2S(C)(=O)=O)OC/C=C\C=C/1. The second kappa shape index (κ2) is 7.47. The van der Waals surface area contributed by atoms with E-state index in [0.29, 0.717) is 5.57 Å². The van der Waals surface area contributed by atoms with Crippen molar-refractivity contribution in [2.45, 2.75) is 4.90 Å². The van der Waals surface area contributed by atoms with Crippen molar-refractivity contribution < 1.29 is 21.6 Å². The zero-order chi connectivity index (χ0) is 18.7. The van der Waals surface area contributed by atoms with E-state index in [4.69, 9.17) is 16.3 Å². The van der Waals surface area contributed by atoms with E-state index < -0.39 is 19.9 Å². The second-order valence-electron chi connectivity index (χ2n) is 5.15. The summed E-state index contributed by atoms with van der Waals surface area (Å²) in [6.45, 7) is 3.74. The fourth-order valence-electron chi connectivity index (χ4n) is 1.94. The molecule has 0 aliphatic carbocycles. The molecule has 9 heteroatoms. The van der Waals surface area contributed by atoms with Gasteiger partial charge in [-0.2, -0.15) is 8.42 Å². The lowest BCUT2D eigenvalue weighted by Gasteiger charge is -2.14. The molecule has 0 radical (unpaired) electrons. The number of rotatable bonds is 4. The molecule has 0 amide bonds. The van der Waals surface area contributed by atoms with E-state index in [-0.39, 0.29) is 27.3 Å². The van der Waals surface area contributed by atoms with Gasteiger partial charge in [0.05, 0.1) is 10.6 Å². The average Bonchev–Trinajstić information content (AvgIpc) is 2.57. The first-order valence-electron chi connectivity index (χ1n) is 6.98. The molecule has 1 aliphatic rings. The summed E-state index contributed by atoms with van der Waals surface area (Å²) < 4.78 is 56.5. The Labute approximate surface area is 152 Å². The molecule has 1 aliphatic heterocycles. The van der Waals surface area contributed by atoms with E-state index in [2.05, 4.69) is 11.3 Å². The van der Waals surface area contributed by atoms with Crippen LogP contribution in [0, 0.1) is 0 Å². The quantitative estimate of drug-likeness (QED) is 0.837. The lowest BCUT2D eigenvalue weighted by Crippen LogP contribution is -2.19. The first-order chi connectivity index (χ1) is 11.6. The van der Waals surface area contributed by atoms with Gasteiger partial charge in [-0.3, -0.25) is 4.72 Å². The maximum absolute atomic E-state index is 12.6. The van der Waals surface area contributed by atoms with Crippen LogP contribution in [-0.2, 0) is 24.6 Å². The Morgan fingerprint density at radius 2 is 1.92 bits per heavy atom. The molecule has 0 fully saturated rings. The molecule has 0 atom stereocenters. The number of hydrogen-bond donors (Lipinski definition) is 1. The van der Waals surface area contributed by atoms with Crippen molar-refractivity contribution in [1.29, 1.82) is 0 Å². The first-order valence-corrected chi connectivity index (χ1v) is 10.7. The minimum Gasteiger partial charge on any atom is -0.478 e. The average molecular weight is 402 g/mol. The van der Waals surface area contributed by atoms with E-state index in [1.807, 2.05) is 0 Å². The molecule has 0 spiro atoms. The Balaban J connectivity index is 2.47. The molecule has 1 heterocycles. The summed E-state index contributed by atoms with van der Waals surface area (Å²) in [6, 6.07) is 3.82. The van der Waals surface area contributed by atoms with Crippen LogP contribution in [0.3, 0.4) is 0 Å². The number of benzene rings is 1. The second-order valence-corrected chi connectivity index (χ2v) is 9.19. The molecular formula is C16H16ClNO5S2. The van der Waals surface area contributed by atoms with Crippen LogP contribution in [0.5, 0.6) is 0 Å². The van der Waals surface area contributed by atoms with E-state index in [1.54, 1.807) is 24.3 Å². The topological polar surface area (TPSA) is 89.5 Å². The van der Waals surface area contributed by atoms with Crippen molar-refractivity contribution in [3.8, 4) is 0 Å². The molecule has 0 saturated carbocycles. The fourth-order valence-corrected chi connectivity index (χ4v) is 4.09. The summed E-state index contributed by atoms with van der Waals surface area (Å²) in [7, 11) is -7.86. The van der Waals surface area contributed by atoms with Crippen molar-refractivity contribution in [2.24, 2.45) is 0 Å². The van der Waals surface area contributed by atoms with Gasteiger partial charge in [0.25, 0.3) is 10.0 Å². The van der Waals surface area contributed by atoms with Gasteiger partial charge in [0.15, 0.2) is 9.84 Å². The highest BCUT2D eigenvalue weighted by Gasteiger charge is 2.23. The Bertz CT molecular complexity index is 989. The number of nitrogens with one attached hydrogen (secondary N) is 1. The molecule has 0 saturated heterocycles. The van der Waals surface area contributed by atoms with Crippen LogP contribution < -0.4 is 4.72 Å². The third-order valence-electron chi connectivity index (χ3n) is 3.03. The van der Waals surface area contributed by atoms with Gasteiger partial charge in [0, 0.05) is 17.4 Å². The highest BCUT2D eigenvalue weighted by atomic mass is 35.5. The Hall–Kier alpha value is -2.03. The predicted molar refractivity (Wildman–Crippen MR) is 98.6 cm³/mol. The number of halogens is 1. The molecule has 1 N–H and O–H groups in total. The smallest absolute Gasteiger partial charge is 0.294 e. The largest absolute Gasteiger partial charge is 0.478 e. The van der Waals surface area contributed by atoms with Gasteiger partial charge in [-0.1, -0.05) is 36.4 Å². The number of allylic oxidation sites excluding steroid dienone is 5. The predicted octanol–water partition coefficient (Wildman–Crippen LogP) is 3.03. The van der Waals surface area contributed by atoms with E-state index >= 15 is 0 Å². The molecular weight excluding hydrogens is 386 g/mol. The van der Waals surface area contributed by atoms with E-state index in [9.17, 15) is 16.8 Å². The molecule has 6 nitrogen and oxygen atoms in total. The third kappa shape index (κ3) is 5.22. The number of sulfone groups is 1. The standard InChI is InChI=1S/C16H16ClNO5S2/c1-12-6-4-3-5-9-23-16(10-12)25(21,22)18-14-11-13(17)7-8-15(14)24(2,19)20/h3-8,10-11,18H,1,9H2,2H3/b5-3-,6-4-,16-10?. The van der Waals surface area contributed by atoms with Crippen LogP contribution in [0.1, 0.15) is 0 Å². The van der Waals surface area contributed by atoms with Crippen molar-refractivity contribution in [3.05, 3.63) is 70.8 Å². The van der Waals surface area contributed by atoms with E-state index in [1.165, 1.54) is 24.3 Å². The maximum Gasteiger partial charge on any atom is 0.294 e. The lowest BCUT2D eigenvalue weighted by atomic mass is 10.3. The van der Waals surface area contributed by atoms with Crippen LogP contribution in [0.25, 0.3) is 0 Å². The normalized spacial score (nSPS) is 18.2. The Kier molecular flexibility index (Phi) is 5.76. The van der Waals surface area contributed by atoms with Crippen molar-refractivity contribution in [3.63, 3.8) is 0 Å². The van der Waals surface area contributed by atoms with Crippen LogP contribution >= 0.6 is 11.6 Å². The van der Waals surface area contributed by atoms with Gasteiger partial charge in [-0.05, 0) is 29.8 Å². The van der Waals surface area contributed by atoms with Crippen LogP contribution in [-0.4, -0.2) is 29.7 Å². The van der Waals surface area contributed by atoms with Gasteiger partial charge in [0.1, 0.15) is 6.61 Å². The van der Waals surface area contributed by atoms with Crippen molar-refractivity contribution >= 4 is 37.1 Å². The molecule has 0 bridgehead atoms. The number of ether oxygens (including phenoxy) is 1. The van der Waals surface area contributed by atoms with Gasteiger partial charge in [0.2, 0.25) is 5.09 Å². The summed E-state index contributed by atoms with van der Waals surface area (Å²) in [6.07, 6.45) is 8.85. The zero-order valence-electron chi connectivity index (χ0n) is 13.3. The van der Waals surface area contributed by atoms with Crippen LogP contribution in [0.4, 0.5) is 5.69 Å². The minimum absolute atomic E-state index is 0.0266. The van der Waals surface area contributed by atoms with Gasteiger partial charge in [-0.25, -0.2) is 8.42 Å². The number of hydrogen-bond acceptors (Lipinski definition) is 5. The van der Waals surface area contributed by atoms with E-state index in [0.717, 1.165) is 6.26 Å². The number of sulfonamides is 1. The molecule has 1 aromatic carbocycles. The summed E-state index contributed by atoms with van der Waals surface area (Å²) in [5.41, 5.74) is 0.248. The summed E-state index contributed by atoms with van der Waals surface area (Å²) >= 11 is 5.87. The Morgan fingerprint density at radius 1 is 1.20 bits per heavy atom. The molecule has 25 heavy (non-hydrogen) atoms. The van der Waals surface area contributed by atoms with Crippen LogP contribution in [0.2, 0.25) is 5.02 Å².